The summed E-state index contributed by atoms with van der Waals surface area (Å²) >= 11 is 6.07. The van der Waals surface area contributed by atoms with E-state index in [-0.39, 0.29) is 12.4 Å². The summed E-state index contributed by atoms with van der Waals surface area (Å²) in [5, 5.41) is 14.3. The molecular weight excluding hydrogens is 233 g/mol. The molecule has 1 fully saturated rings. The van der Waals surface area contributed by atoms with Gasteiger partial charge in [-0.15, -0.1) is 12.4 Å². The monoisotopic (exact) mass is 247 g/mol. The fourth-order valence-electron chi connectivity index (χ4n) is 1.95. The Labute approximate surface area is 101 Å². The van der Waals surface area contributed by atoms with Gasteiger partial charge in [0.15, 0.2) is 0 Å². The lowest BCUT2D eigenvalue weighted by atomic mass is 9.85. The van der Waals surface area contributed by atoms with E-state index in [1.807, 2.05) is 24.3 Å². The zero-order chi connectivity index (χ0) is 10.0. The Bertz CT molecular complexity index is 324. The van der Waals surface area contributed by atoms with Crippen LogP contribution < -0.4 is 5.32 Å². The Morgan fingerprint density at radius 2 is 1.80 bits per heavy atom. The Kier molecular flexibility index (Phi) is 4.41. The second-order valence-corrected chi connectivity index (χ2v) is 4.17. The molecule has 1 aromatic carbocycles. The molecule has 0 aliphatic carbocycles. The van der Waals surface area contributed by atoms with Crippen molar-refractivity contribution >= 4 is 24.0 Å². The second kappa shape index (κ2) is 5.17. The SMILES string of the molecule is Cl.OC1(c2ccccc2Cl)CCNCC1. The van der Waals surface area contributed by atoms with Gasteiger partial charge in [-0.1, -0.05) is 29.8 Å². The van der Waals surface area contributed by atoms with Crippen LogP contribution in [0.2, 0.25) is 5.02 Å². The standard InChI is InChI=1S/C11H14ClNO.ClH/c12-10-4-2-1-3-9(10)11(14)5-7-13-8-6-11;/h1-4,13-14H,5-8H2;1H. The topological polar surface area (TPSA) is 32.3 Å². The molecule has 1 saturated heterocycles. The van der Waals surface area contributed by atoms with Crippen molar-refractivity contribution in [1.29, 1.82) is 0 Å². The van der Waals surface area contributed by atoms with Crippen molar-refractivity contribution in [3.8, 4) is 0 Å². The van der Waals surface area contributed by atoms with Gasteiger partial charge in [-0.2, -0.15) is 0 Å². The van der Waals surface area contributed by atoms with Crippen molar-refractivity contribution in [2.24, 2.45) is 0 Å². The number of hydrogen-bond acceptors (Lipinski definition) is 2. The number of halogens is 2. The van der Waals surface area contributed by atoms with E-state index in [2.05, 4.69) is 5.32 Å². The fourth-order valence-corrected chi connectivity index (χ4v) is 2.26. The van der Waals surface area contributed by atoms with Crippen molar-refractivity contribution in [2.75, 3.05) is 13.1 Å². The van der Waals surface area contributed by atoms with Crippen LogP contribution in [0.15, 0.2) is 24.3 Å². The molecule has 1 aromatic rings. The summed E-state index contributed by atoms with van der Waals surface area (Å²) in [7, 11) is 0. The van der Waals surface area contributed by atoms with Crippen LogP contribution in [0.1, 0.15) is 18.4 Å². The molecule has 2 rings (SSSR count). The highest BCUT2D eigenvalue weighted by Gasteiger charge is 2.32. The van der Waals surface area contributed by atoms with Gasteiger partial charge in [-0.25, -0.2) is 0 Å². The molecule has 0 amide bonds. The Hall–Kier alpha value is -0.280. The maximum Gasteiger partial charge on any atom is 0.0935 e. The van der Waals surface area contributed by atoms with Crippen LogP contribution in [0.3, 0.4) is 0 Å². The minimum atomic E-state index is -0.733. The van der Waals surface area contributed by atoms with Crippen LogP contribution in [-0.2, 0) is 5.60 Å². The molecule has 1 aliphatic heterocycles. The van der Waals surface area contributed by atoms with Gasteiger partial charge in [0, 0.05) is 10.6 Å². The molecule has 0 bridgehead atoms. The van der Waals surface area contributed by atoms with Crippen LogP contribution in [0, 0.1) is 0 Å². The third-order valence-electron chi connectivity index (χ3n) is 2.81. The lowest BCUT2D eigenvalue weighted by Gasteiger charge is -2.33. The number of hydrogen-bond donors (Lipinski definition) is 2. The Morgan fingerprint density at radius 3 is 2.40 bits per heavy atom. The molecule has 0 saturated carbocycles. The van der Waals surface area contributed by atoms with Crippen molar-refractivity contribution in [2.45, 2.75) is 18.4 Å². The highest BCUT2D eigenvalue weighted by atomic mass is 35.5. The first kappa shape index (κ1) is 12.8. The van der Waals surface area contributed by atoms with E-state index in [9.17, 15) is 5.11 Å². The highest BCUT2D eigenvalue weighted by Crippen LogP contribution is 2.34. The van der Waals surface area contributed by atoms with E-state index in [4.69, 9.17) is 11.6 Å². The third kappa shape index (κ3) is 2.64. The number of aliphatic hydroxyl groups is 1. The molecule has 15 heavy (non-hydrogen) atoms. The molecule has 2 N–H and O–H groups in total. The largest absolute Gasteiger partial charge is 0.385 e. The molecular formula is C11H15Cl2NO. The van der Waals surface area contributed by atoms with Gasteiger partial charge < -0.3 is 10.4 Å². The van der Waals surface area contributed by atoms with Crippen molar-refractivity contribution in [3.63, 3.8) is 0 Å². The van der Waals surface area contributed by atoms with E-state index < -0.39 is 5.60 Å². The molecule has 1 heterocycles. The zero-order valence-electron chi connectivity index (χ0n) is 8.37. The van der Waals surface area contributed by atoms with Crippen LogP contribution in [-0.4, -0.2) is 18.2 Å². The molecule has 0 aromatic heterocycles. The Balaban J connectivity index is 0.00000112. The van der Waals surface area contributed by atoms with Gasteiger partial charge >= 0.3 is 0 Å². The van der Waals surface area contributed by atoms with E-state index >= 15 is 0 Å². The summed E-state index contributed by atoms with van der Waals surface area (Å²) < 4.78 is 0. The average Bonchev–Trinajstić information content (AvgIpc) is 2.19. The van der Waals surface area contributed by atoms with E-state index in [0.29, 0.717) is 5.02 Å². The summed E-state index contributed by atoms with van der Waals surface area (Å²) in [6, 6.07) is 7.54. The summed E-state index contributed by atoms with van der Waals surface area (Å²) in [6.07, 6.45) is 1.47. The number of rotatable bonds is 1. The fraction of sp³-hybridized carbons (Fsp3) is 0.455. The lowest BCUT2D eigenvalue weighted by Crippen LogP contribution is -2.39. The van der Waals surface area contributed by atoms with Crippen molar-refractivity contribution in [1.82, 2.24) is 5.32 Å². The van der Waals surface area contributed by atoms with Crippen molar-refractivity contribution in [3.05, 3.63) is 34.9 Å². The molecule has 84 valence electrons. The molecule has 4 heteroatoms. The minimum Gasteiger partial charge on any atom is -0.385 e. The molecule has 2 nitrogen and oxygen atoms in total. The van der Waals surface area contributed by atoms with E-state index in [1.54, 1.807) is 0 Å². The van der Waals surface area contributed by atoms with Crippen LogP contribution >= 0.6 is 24.0 Å². The number of nitrogens with one attached hydrogen (secondary N) is 1. The van der Waals surface area contributed by atoms with Crippen LogP contribution in [0.5, 0.6) is 0 Å². The third-order valence-corrected chi connectivity index (χ3v) is 3.14. The Morgan fingerprint density at radius 1 is 1.20 bits per heavy atom. The molecule has 1 aliphatic rings. The zero-order valence-corrected chi connectivity index (χ0v) is 9.94. The van der Waals surface area contributed by atoms with Crippen LogP contribution in [0.25, 0.3) is 0 Å². The number of benzene rings is 1. The molecule has 0 radical (unpaired) electrons. The van der Waals surface area contributed by atoms with Gasteiger partial charge in [0.1, 0.15) is 0 Å². The maximum atomic E-state index is 10.4. The summed E-state index contributed by atoms with van der Waals surface area (Å²) in [5.41, 5.74) is 0.131. The first-order valence-corrected chi connectivity index (χ1v) is 5.28. The summed E-state index contributed by atoms with van der Waals surface area (Å²) in [4.78, 5) is 0. The van der Waals surface area contributed by atoms with Crippen LogP contribution in [0.4, 0.5) is 0 Å². The predicted octanol–water partition coefficient (Wildman–Crippen LogP) is 2.33. The number of piperidine rings is 1. The van der Waals surface area contributed by atoms with Crippen molar-refractivity contribution < 1.29 is 5.11 Å². The van der Waals surface area contributed by atoms with E-state index in [0.717, 1.165) is 31.5 Å². The second-order valence-electron chi connectivity index (χ2n) is 3.76. The van der Waals surface area contributed by atoms with E-state index in [1.165, 1.54) is 0 Å². The predicted molar refractivity (Wildman–Crippen MR) is 64.7 cm³/mol. The maximum absolute atomic E-state index is 10.4. The van der Waals surface area contributed by atoms with Gasteiger partial charge in [0.25, 0.3) is 0 Å². The quantitative estimate of drug-likeness (QED) is 0.799. The normalized spacial score (nSPS) is 19.3. The van der Waals surface area contributed by atoms with Gasteiger partial charge in [0.2, 0.25) is 0 Å². The summed E-state index contributed by atoms with van der Waals surface area (Å²) in [6.45, 7) is 1.70. The molecule has 0 atom stereocenters. The molecule has 0 spiro atoms. The summed E-state index contributed by atoms with van der Waals surface area (Å²) in [5.74, 6) is 0. The van der Waals surface area contributed by atoms with Gasteiger partial charge in [-0.3, -0.25) is 0 Å². The highest BCUT2D eigenvalue weighted by molar-refractivity contribution is 6.31. The van der Waals surface area contributed by atoms with Gasteiger partial charge in [0.05, 0.1) is 5.60 Å². The minimum absolute atomic E-state index is 0. The smallest absolute Gasteiger partial charge is 0.0935 e. The average molecular weight is 248 g/mol. The lowest BCUT2D eigenvalue weighted by molar-refractivity contribution is 0.00604. The first-order chi connectivity index (χ1) is 6.72. The van der Waals surface area contributed by atoms with Gasteiger partial charge in [-0.05, 0) is 32.0 Å². The molecule has 0 unspecified atom stereocenters. The first-order valence-electron chi connectivity index (χ1n) is 4.90.